The number of anilines is 1. The minimum atomic E-state index is -3.19. The fraction of sp³-hybridized carbons (Fsp3) is 0.348. The van der Waals surface area contributed by atoms with Crippen LogP contribution in [0, 0.1) is 17.1 Å². The van der Waals surface area contributed by atoms with Crippen molar-refractivity contribution in [1.29, 1.82) is 5.26 Å². The summed E-state index contributed by atoms with van der Waals surface area (Å²) in [4.78, 5) is 32.2. The average Bonchev–Trinajstić information content (AvgIpc) is 2.79. The zero-order valence-electron chi connectivity index (χ0n) is 19.1. The molecule has 2 heterocycles. The summed E-state index contributed by atoms with van der Waals surface area (Å²) >= 11 is 0. The maximum Gasteiger partial charge on any atom is 0.413 e. The standard InChI is InChI=1S/C23H22F3N5O4/c1-22(2,3)35-21(33)31-18-11-34-23(12-29-18,20(25)26)15-8-14(5-6-16(15)24)30-19(32)17-7-4-13(9-27)10-28-17/h4-8,10,20H,11-12H2,1-3H3,(H,30,32)(H,29,31,33)/t23-/m0/s1. The van der Waals surface area contributed by atoms with Gasteiger partial charge in [-0.25, -0.2) is 22.9 Å². The first kappa shape index (κ1) is 25.6. The Morgan fingerprint density at radius 3 is 2.51 bits per heavy atom. The number of nitrogens with zero attached hydrogens (tertiary/aromatic N) is 3. The van der Waals surface area contributed by atoms with Gasteiger partial charge in [-0.05, 0) is 51.1 Å². The molecule has 2 aromatic rings. The molecule has 2 N–H and O–H groups in total. The number of hydrogen-bond donors (Lipinski definition) is 2. The Bertz CT molecular complexity index is 1190. The van der Waals surface area contributed by atoms with Crippen molar-refractivity contribution in [2.75, 3.05) is 18.5 Å². The van der Waals surface area contributed by atoms with E-state index in [0.717, 1.165) is 12.1 Å². The first-order chi connectivity index (χ1) is 16.4. The van der Waals surface area contributed by atoms with Crippen LogP contribution in [0.3, 0.4) is 0 Å². The second kappa shape index (κ2) is 10.1. The Kier molecular flexibility index (Phi) is 7.40. The second-order valence-corrected chi connectivity index (χ2v) is 8.56. The van der Waals surface area contributed by atoms with Crippen LogP contribution in [-0.4, -0.2) is 48.0 Å². The number of nitriles is 1. The predicted octanol–water partition coefficient (Wildman–Crippen LogP) is 3.76. The maximum atomic E-state index is 14.7. The van der Waals surface area contributed by atoms with Crippen LogP contribution < -0.4 is 10.6 Å². The maximum absolute atomic E-state index is 14.7. The van der Waals surface area contributed by atoms with Gasteiger partial charge >= 0.3 is 6.09 Å². The lowest BCUT2D eigenvalue weighted by Gasteiger charge is -2.36. The van der Waals surface area contributed by atoms with Crippen molar-refractivity contribution in [3.63, 3.8) is 0 Å². The molecule has 0 bridgehead atoms. The van der Waals surface area contributed by atoms with Crippen molar-refractivity contribution < 1.29 is 32.2 Å². The van der Waals surface area contributed by atoms with Gasteiger partial charge in [0.25, 0.3) is 12.3 Å². The van der Waals surface area contributed by atoms with E-state index in [1.807, 2.05) is 6.07 Å². The number of amidine groups is 1. The van der Waals surface area contributed by atoms with Gasteiger partial charge in [-0.1, -0.05) is 0 Å². The lowest BCUT2D eigenvalue weighted by atomic mass is 9.92. The van der Waals surface area contributed by atoms with Gasteiger partial charge < -0.3 is 14.8 Å². The number of carbonyl (C=O) groups excluding carboxylic acids is 2. The highest BCUT2D eigenvalue weighted by atomic mass is 19.3. The molecule has 2 amide bonds. The highest BCUT2D eigenvalue weighted by molar-refractivity contribution is 6.03. The van der Waals surface area contributed by atoms with Gasteiger partial charge in [0.05, 0.1) is 12.1 Å². The number of aromatic nitrogens is 1. The number of rotatable bonds is 4. The molecule has 0 spiro atoms. The van der Waals surface area contributed by atoms with Crippen LogP contribution in [0.25, 0.3) is 0 Å². The number of alkyl carbamates (subject to hydrolysis) is 1. The van der Waals surface area contributed by atoms with Crippen molar-refractivity contribution >= 4 is 23.5 Å². The molecule has 3 rings (SSSR count). The zero-order valence-corrected chi connectivity index (χ0v) is 19.1. The molecule has 35 heavy (non-hydrogen) atoms. The number of amides is 2. The Balaban J connectivity index is 1.82. The number of carbonyl (C=O) groups is 2. The van der Waals surface area contributed by atoms with Crippen molar-refractivity contribution in [1.82, 2.24) is 10.3 Å². The van der Waals surface area contributed by atoms with Crippen molar-refractivity contribution in [2.24, 2.45) is 4.99 Å². The van der Waals surface area contributed by atoms with E-state index < -0.39 is 54.2 Å². The van der Waals surface area contributed by atoms with E-state index in [4.69, 9.17) is 14.7 Å². The zero-order chi connectivity index (χ0) is 25.8. The summed E-state index contributed by atoms with van der Waals surface area (Å²) in [7, 11) is 0. The minimum absolute atomic E-state index is 0.0165. The van der Waals surface area contributed by atoms with E-state index in [1.54, 1.807) is 20.8 Å². The summed E-state index contributed by atoms with van der Waals surface area (Å²) < 4.78 is 53.5. The van der Waals surface area contributed by atoms with Gasteiger partial charge in [0.15, 0.2) is 5.60 Å². The number of aliphatic imine (C=N–C) groups is 1. The second-order valence-electron chi connectivity index (χ2n) is 8.56. The molecule has 0 aliphatic carbocycles. The van der Waals surface area contributed by atoms with Gasteiger partial charge in [0, 0.05) is 17.4 Å². The van der Waals surface area contributed by atoms with Gasteiger partial charge in [-0.15, -0.1) is 0 Å². The summed E-state index contributed by atoms with van der Waals surface area (Å²) in [5, 5.41) is 13.6. The topological polar surface area (TPSA) is 126 Å². The highest BCUT2D eigenvalue weighted by Crippen LogP contribution is 2.38. The molecule has 0 saturated heterocycles. The van der Waals surface area contributed by atoms with E-state index in [9.17, 15) is 22.8 Å². The number of halogens is 3. The van der Waals surface area contributed by atoms with Gasteiger partial charge in [-0.2, -0.15) is 5.26 Å². The van der Waals surface area contributed by atoms with Crippen molar-refractivity contribution in [3.05, 3.63) is 59.2 Å². The van der Waals surface area contributed by atoms with Crippen LogP contribution in [0.1, 0.15) is 42.4 Å². The molecule has 1 aliphatic rings. The van der Waals surface area contributed by atoms with Crippen LogP contribution >= 0.6 is 0 Å². The number of benzene rings is 1. The summed E-state index contributed by atoms with van der Waals surface area (Å²) in [5.41, 5.74) is -3.51. The third-order valence-electron chi connectivity index (χ3n) is 4.77. The highest BCUT2D eigenvalue weighted by Gasteiger charge is 2.47. The number of hydrogen-bond acceptors (Lipinski definition) is 7. The van der Waals surface area contributed by atoms with Crippen LogP contribution in [0.15, 0.2) is 41.5 Å². The number of ether oxygens (including phenoxy) is 2. The van der Waals surface area contributed by atoms with E-state index >= 15 is 0 Å². The molecule has 0 unspecified atom stereocenters. The Morgan fingerprint density at radius 2 is 1.97 bits per heavy atom. The first-order valence-electron chi connectivity index (χ1n) is 10.4. The Morgan fingerprint density at radius 1 is 1.23 bits per heavy atom. The first-order valence-corrected chi connectivity index (χ1v) is 10.4. The summed E-state index contributed by atoms with van der Waals surface area (Å²) in [5.74, 6) is -1.73. The fourth-order valence-corrected chi connectivity index (χ4v) is 3.13. The van der Waals surface area contributed by atoms with E-state index in [0.29, 0.717) is 0 Å². The Hall–Kier alpha value is -3.98. The largest absolute Gasteiger partial charge is 0.444 e. The monoisotopic (exact) mass is 489 g/mol. The van der Waals surface area contributed by atoms with Crippen LogP contribution in [-0.2, 0) is 15.1 Å². The fourth-order valence-electron chi connectivity index (χ4n) is 3.13. The minimum Gasteiger partial charge on any atom is -0.444 e. The SMILES string of the molecule is CC(C)(C)OC(=O)NC1=NC[C@](c2cc(NC(=O)c3ccc(C#N)cn3)ccc2F)(C(F)F)OC1. The molecule has 12 heteroatoms. The number of nitrogens with one attached hydrogen (secondary N) is 2. The van der Waals surface area contributed by atoms with Crippen LogP contribution in [0.2, 0.25) is 0 Å². The molecular weight excluding hydrogens is 467 g/mol. The number of pyridine rings is 1. The summed E-state index contributed by atoms with van der Waals surface area (Å²) in [6.07, 6.45) is -2.82. The Labute approximate surface area is 199 Å². The summed E-state index contributed by atoms with van der Waals surface area (Å²) in [6, 6.07) is 7.72. The lowest BCUT2D eigenvalue weighted by molar-refractivity contribution is -0.137. The number of alkyl halides is 2. The van der Waals surface area contributed by atoms with Crippen molar-refractivity contribution in [3.8, 4) is 6.07 Å². The van der Waals surface area contributed by atoms with E-state index in [-0.39, 0.29) is 22.8 Å². The molecule has 1 aliphatic heterocycles. The molecule has 1 aromatic carbocycles. The third kappa shape index (κ3) is 6.13. The van der Waals surface area contributed by atoms with Gasteiger partial charge in [-0.3, -0.25) is 15.1 Å². The third-order valence-corrected chi connectivity index (χ3v) is 4.77. The molecule has 1 aromatic heterocycles. The molecule has 184 valence electrons. The van der Waals surface area contributed by atoms with Gasteiger partial charge in [0.1, 0.15) is 35.6 Å². The van der Waals surface area contributed by atoms with E-state index in [1.165, 1.54) is 24.4 Å². The quantitative estimate of drug-likeness (QED) is 0.674. The van der Waals surface area contributed by atoms with Crippen LogP contribution in [0.5, 0.6) is 0 Å². The van der Waals surface area contributed by atoms with E-state index in [2.05, 4.69) is 20.6 Å². The average molecular weight is 489 g/mol. The molecule has 9 nitrogen and oxygen atoms in total. The van der Waals surface area contributed by atoms with Gasteiger partial charge in [0.2, 0.25) is 0 Å². The van der Waals surface area contributed by atoms with Crippen molar-refractivity contribution in [2.45, 2.75) is 38.4 Å². The van der Waals surface area contributed by atoms with Crippen LogP contribution in [0.4, 0.5) is 23.7 Å². The molecule has 1 atom stereocenters. The molecular formula is C23H22F3N5O4. The molecule has 0 fully saturated rings. The molecule has 0 saturated carbocycles. The normalized spacial score (nSPS) is 17.8. The lowest BCUT2D eigenvalue weighted by Crippen LogP contribution is -2.49. The predicted molar refractivity (Wildman–Crippen MR) is 119 cm³/mol. The molecule has 0 radical (unpaired) electrons. The summed E-state index contributed by atoms with van der Waals surface area (Å²) in [6.45, 7) is 3.73. The smallest absolute Gasteiger partial charge is 0.413 e.